The summed E-state index contributed by atoms with van der Waals surface area (Å²) in [6, 6.07) is 3.44. The summed E-state index contributed by atoms with van der Waals surface area (Å²) in [5.74, 6) is 0.0835. The van der Waals surface area contributed by atoms with Gasteiger partial charge in [0, 0.05) is 14.1 Å². The van der Waals surface area contributed by atoms with Gasteiger partial charge < -0.3 is 4.42 Å². The summed E-state index contributed by atoms with van der Waals surface area (Å²) in [7, 11) is 2.79. The lowest BCUT2D eigenvalue weighted by Gasteiger charge is -2.04. The van der Waals surface area contributed by atoms with E-state index in [-0.39, 0.29) is 10.8 Å². The minimum Gasteiger partial charge on any atom is -0.463 e. The maximum Gasteiger partial charge on any atom is 0.346 e. The fourth-order valence-electron chi connectivity index (χ4n) is 1.61. The lowest BCUT2D eigenvalue weighted by atomic mass is 10.3. The number of hydrazone groups is 1. The first-order valence-electron chi connectivity index (χ1n) is 6.54. The maximum atomic E-state index is 11.9. The number of carbonyl (C=O) groups is 1. The lowest BCUT2D eigenvalue weighted by Crippen LogP contribution is -2.39. The van der Waals surface area contributed by atoms with Crippen molar-refractivity contribution in [3.63, 3.8) is 0 Å². The fourth-order valence-corrected chi connectivity index (χ4v) is 2.38. The molecule has 0 aliphatic rings. The summed E-state index contributed by atoms with van der Waals surface area (Å²) in [5.41, 5.74) is 1.82. The second kappa shape index (κ2) is 7.09. The first-order chi connectivity index (χ1) is 10.9. The Morgan fingerprint density at radius 2 is 2.17 bits per heavy atom. The molecule has 0 aliphatic heterocycles. The molecule has 1 N–H and O–H groups in total. The summed E-state index contributed by atoms with van der Waals surface area (Å²) in [6.07, 6.45) is 1.51. The van der Waals surface area contributed by atoms with Crippen molar-refractivity contribution in [2.24, 2.45) is 19.2 Å². The Labute approximate surface area is 135 Å². The van der Waals surface area contributed by atoms with Crippen LogP contribution in [0.4, 0.5) is 0 Å². The number of aryl methyl sites for hydroxylation is 1. The average molecular weight is 337 g/mol. The van der Waals surface area contributed by atoms with Crippen molar-refractivity contribution in [1.29, 1.82) is 0 Å². The van der Waals surface area contributed by atoms with Gasteiger partial charge in [0.25, 0.3) is 5.56 Å². The Balaban J connectivity index is 1.99. The largest absolute Gasteiger partial charge is 0.463 e. The highest BCUT2D eigenvalue weighted by molar-refractivity contribution is 7.99. The fraction of sp³-hybridized carbons (Fsp3) is 0.308. The molecule has 0 unspecified atom stereocenters. The zero-order chi connectivity index (χ0) is 17.0. The monoisotopic (exact) mass is 337 g/mol. The van der Waals surface area contributed by atoms with Crippen LogP contribution < -0.4 is 16.7 Å². The Hall–Kier alpha value is -2.62. The van der Waals surface area contributed by atoms with Crippen LogP contribution in [-0.4, -0.2) is 31.7 Å². The first kappa shape index (κ1) is 16.7. The number of nitrogens with zero attached hydrogens (tertiary/aromatic N) is 4. The molecule has 0 saturated carbocycles. The lowest BCUT2D eigenvalue weighted by molar-refractivity contribution is -0.118. The topological polar surface area (TPSA) is 111 Å². The predicted octanol–water partition coefficient (Wildman–Crippen LogP) is -0.295. The van der Waals surface area contributed by atoms with E-state index in [9.17, 15) is 14.4 Å². The quantitative estimate of drug-likeness (QED) is 0.456. The van der Waals surface area contributed by atoms with Crippen LogP contribution in [0.1, 0.15) is 12.7 Å². The average Bonchev–Trinajstić information content (AvgIpc) is 3.07. The van der Waals surface area contributed by atoms with Gasteiger partial charge >= 0.3 is 5.69 Å². The molecule has 0 atom stereocenters. The standard InChI is InChI=1S/C13H15N5O4S/c1-8(9-5-4-6-22-9)14-15-10(19)7-23-11-12(20)17(2)13(21)18(3)16-11/h4-6H,7H2,1-3H3,(H,15,19)/b14-8-. The molecule has 0 fully saturated rings. The van der Waals surface area contributed by atoms with E-state index in [2.05, 4.69) is 15.6 Å². The molecule has 0 spiro atoms. The number of thioether (sulfide) groups is 1. The molecule has 2 heterocycles. The minimum atomic E-state index is -0.541. The van der Waals surface area contributed by atoms with Gasteiger partial charge in [-0.25, -0.2) is 14.9 Å². The highest BCUT2D eigenvalue weighted by Crippen LogP contribution is 2.08. The molecule has 122 valence electrons. The van der Waals surface area contributed by atoms with Gasteiger partial charge in [-0.15, -0.1) is 0 Å². The van der Waals surface area contributed by atoms with Crippen LogP contribution in [0.15, 0.2) is 42.5 Å². The molecular formula is C13H15N5O4S. The van der Waals surface area contributed by atoms with Gasteiger partial charge in [0.1, 0.15) is 11.5 Å². The Morgan fingerprint density at radius 1 is 1.43 bits per heavy atom. The van der Waals surface area contributed by atoms with Gasteiger partial charge in [-0.2, -0.15) is 10.2 Å². The molecule has 23 heavy (non-hydrogen) atoms. The molecule has 0 aliphatic carbocycles. The number of aromatic nitrogens is 3. The van der Waals surface area contributed by atoms with Crippen molar-refractivity contribution in [3.8, 4) is 0 Å². The van der Waals surface area contributed by atoms with Gasteiger partial charge in [-0.05, 0) is 19.1 Å². The number of nitrogens with one attached hydrogen (secondary N) is 1. The van der Waals surface area contributed by atoms with Crippen molar-refractivity contribution < 1.29 is 9.21 Å². The molecule has 1 amide bonds. The van der Waals surface area contributed by atoms with Crippen molar-refractivity contribution in [2.75, 3.05) is 5.75 Å². The molecule has 2 rings (SSSR count). The van der Waals surface area contributed by atoms with E-state index in [0.717, 1.165) is 21.0 Å². The highest BCUT2D eigenvalue weighted by Gasteiger charge is 2.11. The zero-order valence-electron chi connectivity index (χ0n) is 12.8. The molecule has 0 saturated heterocycles. The van der Waals surface area contributed by atoms with Crippen LogP contribution in [0, 0.1) is 0 Å². The molecule has 10 heteroatoms. The molecule has 2 aromatic rings. The second-order valence-corrected chi connectivity index (χ2v) is 5.54. The molecule has 0 aromatic carbocycles. The summed E-state index contributed by atoms with van der Waals surface area (Å²) in [5, 5.41) is 7.81. The Kier molecular flexibility index (Phi) is 5.16. The van der Waals surface area contributed by atoms with Gasteiger partial charge in [-0.1, -0.05) is 11.8 Å². The Morgan fingerprint density at radius 3 is 2.83 bits per heavy atom. The third-order valence-corrected chi connectivity index (χ3v) is 3.79. The van der Waals surface area contributed by atoms with E-state index >= 15 is 0 Å². The molecule has 0 bridgehead atoms. The third kappa shape index (κ3) is 3.97. The molecule has 2 aromatic heterocycles. The van der Waals surface area contributed by atoms with E-state index in [1.54, 1.807) is 19.1 Å². The summed E-state index contributed by atoms with van der Waals surface area (Å²) < 4.78 is 7.12. The number of furan rings is 1. The van der Waals surface area contributed by atoms with E-state index in [0.29, 0.717) is 11.5 Å². The predicted molar refractivity (Wildman–Crippen MR) is 84.5 cm³/mol. The maximum absolute atomic E-state index is 11.9. The number of carbonyl (C=O) groups excluding carboxylic acids is 1. The molecule has 0 radical (unpaired) electrons. The number of rotatable bonds is 5. The van der Waals surface area contributed by atoms with E-state index < -0.39 is 17.2 Å². The number of hydrogen-bond acceptors (Lipinski definition) is 7. The van der Waals surface area contributed by atoms with Gasteiger partial charge in [0.2, 0.25) is 5.91 Å². The van der Waals surface area contributed by atoms with Crippen LogP contribution >= 0.6 is 11.8 Å². The molecule has 9 nitrogen and oxygen atoms in total. The van der Waals surface area contributed by atoms with Crippen molar-refractivity contribution in [3.05, 3.63) is 45.0 Å². The molecular weight excluding hydrogens is 322 g/mol. The Bertz CT molecular complexity index is 850. The van der Waals surface area contributed by atoms with Crippen LogP contribution in [0.25, 0.3) is 0 Å². The summed E-state index contributed by atoms with van der Waals surface area (Å²) >= 11 is 0.932. The first-order valence-corrected chi connectivity index (χ1v) is 7.53. The van der Waals surface area contributed by atoms with Gasteiger partial charge in [0.05, 0.1) is 12.0 Å². The van der Waals surface area contributed by atoms with Crippen molar-refractivity contribution in [1.82, 2.24) is 19.8 Å². The number of hydrogen-bond donors (Lipinski definition) is 1. The minimum absolute atomic E-state index is 0.0601. The smallest absolute Gasteiger partial charge is 0.346 e. The van der Waals surface area contributed by atoms with E-state index in [1.165, 1.54) is 20.4 Å². The van der Waals surface area contributed by atoms with Crippen LogP contribution in [-0.2, 0) is 18.9 Å². The number of amides is 1. The normalized spacial score (nSPS) is 11.5. The van der Waals surface area contributed by atoms with Crippen LogP contribution in [0.3, 0.4) is 0 Å². The van der Waals surface area contributed by atoms with Crippen LogP contribution in [0.2, 0.25) is 0 Å². The van der Waals surface area contributed by atoms with Crippen molar-refractivity contribution in [2.45, 2.75) is 11.9 Å². The highest BCUT2D eigenvalue weighted by atomic mass is 32.2. The summed E-state index contributed by atoms with van der Waals surface area (Å²) in [4.78, 5) is 35.2. The van der Waals surface area contributed by atoms with Crippen LogP contribution in [0.5, 0.6) is 0 Å². The SMILES string of the molecule is C/C(=N/NC(=O)CSc1nn(C)c(=O)n(C)c1=O)c1ccco1. The van der Waals surface area contributed by atoms with Gasteiger partial charge in [-0.3, -0.25) is 14.2 Å². The summed E-state index contributed by atoms with van der Waals surface area (Å²) in [6.45, 7) is 1.69. The van der Waals surface area contributed by atoms with E-state index in [4.69, 9.17) is 4.42 Å². The van der Waals surface area contributed by atoms with E-state index in [1.807, 2.05) is 0 Å². The van der Waals surface area contributed by atoms with Crippen molar-refractivity contribution >= 4 is 23.4 Å². The zero-order valence-corrected chi connectivity index (χ0v) is 13.6. The second-order valence-electron chi connectivity index (χ2n) is 4.57. The third-order valence-electron chi connectivity index (χ3n) is 2.86. The van der Waals surface area contributed by atoms with Gasteiger partial charge in [0.15, 0.2) is 5.03 Å².